The van der Waals surface area contributed by atoms with Gasteiger partial charge in [0.1, 0.15) is 5.82 Å². The van der Waals surface area contributed by atoms with Crippen molar-refractivity contribution in [1.29, 1.82) is 0 Å². The van der Waals surface area contributed by atoms with Crippen LogP contribution in [0.4, 0.5) is 4.39 Å². The topological polar surface area (TPSA) is 83.5 Å². The SMILES string of the molecule is O=C(O)CCCCNS(=O)(=O)c1ccc(F)cc1. The number of halogens is 1. The van der Waals surface area contributed by atoms with E-state index in [2.05, 4.69) is 4.72 Å². The molecule has 1 aromatic rings. The third kappa shape index (κ3) is 4.80. The molecule has 0 aliphatic rings. The van der Waals surface area contributed by atoms with Gasteiger partial charge in [0, 0.05) is 13.0 Å². The Labute approximate surface area is 105 Å². The summed E-state index contributed by atoms with van der Waals surface area (Å²) >= 11 is 0. The van der Waals surface area contributed by atoms with Gasteiger partial charge in [-0.1, -0.05) is 0 Å². The average molecular weight is 275 g/mol. The Hall–Kier alpha value is -1.47. The molecule has 5 nitrogen and oxygen atoms in total. The molecule has 0 spiro atoms. The zero-order valence-electron chi connectivity index (χ0n) is 9.60. The second-order valence-corrected chi connectivity index (χ2v) is 5.47. The molecule has 100 valence electrons. The highest BCUT2D eigenvalue weighted by atomic mass is 32.2. The lowest BCUT2D eigenvalue weighted by atomic mass is 10.2. The van der Waals surface area contributed by atoms with E-state index in [1.54, 1.807) is 0 Å². The molecule has 0 saturated carbocycles. The van der Waals surface area contributed by atoms with Gasteiger partial charge in [-0.2, -0.15) is 0 Å². The number of aliphatic carboxylic acids is 1. The van der Waals surface area contributed by atoms with E-state index in [9.17, 15) is 17.6 Å². The molecule has 1 aromatic carbocycles. The first-order valence-corrected chi connectivity index (χ1v) is 6.87. The molecule has 0 saturated heterocycles. The van der Waals surface area contributed by atoms with Crippen molar-refractivity contribution in [2.45, 2.75) is 24.2 Å². The van der Waals surface area contributed by atoms with Crippen molar-refractivity contribution in [3.8, 4) is 0 Å². The van der Waals surface area contributed by atoms with E-state index in [1.807, 2.05) is 0 Å². The van der Waals surface area contributed by atoms with Gasteiger partial charge in [-0.15, -0.1) is 0 Å². The molecule has 0 radical (unpaired) electrons. The summed E-state index contributed by atoms with van der Waals surface area (Å²) in [4.78, 5) is 10.2. The molecule has 0 heterocycles. The summed E-state index contributed by atoms with van der Waals surface area (Å²) in [5.74, 6) is -1.41. The monoisotopic (exact) mass is 275 g/mol. The molecular formula is C11H14FNO4S. The number of hydrogen-bond acceptors (Lipinski definition) is 3. The van der Waals surface area contributed by atoms with Crippen LogP contribution in [0.15, 0.2) is 29.2 Å². The summed E-state index contributed by atoms with van der Waals surface area (Å²) in [5, 5.41) is 8.40. The zero-order valence-corrected chi connectivity index (χ0v) is 10.4. The number of carboxylic acid groups (broad SMARTS) is 1. The van der Waals surface area contributed by atoms with Gasteiger partial charge in [-0.25, -0.2) is 17.5 Å². The van der Waals surface area contributed by atoms with Gasteiger partial charge >= 0.3 is 5.97 Å². The summed E-state index contributed by atoms with van der Waals surface area (Å²) < 4.78 is 38.3. The van der Waals surface area contributed by atoms with Gasteiger partial charge in [0.25, 0.3) is 0 Å². The number of rotatable bonds is 7. The molecule has 0 amide bonds. The largest absolute Gasteiger partial charge is 0.481 e. The van der Waals surface area contributed by atoms with Gasteiger partial charge in [0.15, 0.2) is 0 Å². The molecule has 7 heteroatoms. The molecule has 0 atom stereocenters. The van der Waals surface area contributed by atoms with Crippen LogP contribution in [0, 0.1) is 5.82 Å². The van der Waals surface area contributed by atoms with Crippen molar-refractivity contribution >= 4 is 16.0 Å². The van der Waals surface area contributed by atoms with Crippen molar-refractivity contribution in [1.82, 2.24) is 4.72 Å². The lowest BCUT2D eigenvalue weighted by Gasteiger charge is -2.06. The Balaban J connectivity index is 2.45. The highest BCUT2D eigenvalue weighted by molar-refractivity contribution is 7.89. The highest BCUT2D eigenvalue weighted by Crippen LogP contribution is 2.09. The summed E-state index contributed by atoms with van der Waals surface area (Å²) in [6.07, 6.45) is 0.853. The van der Waals surface area contributed by atoms with E-state index in [4.69, 9.17) is 5.11 Å². The highest BCUT2D eigenvalue weighted by Gasteiger charge is 2.12. The minimum Gasteiger partial charge on any atom is -0.481 e. The fourth-order valence-corrected chi connectivity index (χ4v) is 2.38. The number of carboxylic acids is 1. The maximum atomic E-state index is 12.6. The average Bonchev–Trinajstić information content (AvgIpc) is 2.28. The number of nitrogens with one attached hydrogen (secondary N) is 1. The van der Waals surface area contributed by atoms with Crippen LogP contribution < -0.4 is 4.72 Å². The van der Waals surface area contributed by atoms with Crippen LogP contribution in [0.3, 0.4) is 0 Å². The maximum Gasteiger partial charge on any atom is 0.303 e. The molecule has 0 unspecified atom stereocenters. The van der Waals surface area contributed by atoms with Crippen molar-refractivity contribution in [2.24, 2.45) is 0 Å². The molecule has 2 N–H and O–H groups in total. The predicted molar refractivity (Wildman–Crippen MR) is 63.1 cm³/mol. The molecule has 18 heavy (non-hydrogen) atoms. The van der Waals surface area contributed by atoms with E-state index in [-0.39, 0.29) is 17.9 Å². The van der Waals surface area contributed by atoms with E-state index in [1.165, 1.54) is 12.1 Å². The number of sulfonamides is 1. The van der Waals surface area contributed by atoms with Crippen molar-refractivity contribution in [3.63, 3.8) is 0 Å². The number of hydrogen-bond donors (Lipinski definition) is 2. The van der Waals surface area contributed by atoms with Crippen molar-refractivity contribution in [2.75, 3.05) is 6.54 Å². The Morgan fingerprint density at radius 1 is 1.22 bits per heavy atom. The standard InChI is InChI=1S/C11H14FNO4S/c12-9-4-6-10(7-5-9)18(16,17)13-8-2-1-3-11(14)15/h4-7,13H,1-3,8H2,(H,14,15). The zero-order chi connectivity index (χ0) is 13.6. The van der Waals surface area contributed by atoms with Gasteiger partial charge in [0.05, 0.1) is 4.90 Å². The minimum atomic E-state index is -3.64. The normalized spacial score (nSPS) is 11.4. The van der Waals surface area contributed by atoms with Crippen LogP contribution in [0.2, 0.25) is 0 Å². The smallest absolute Gasteiger partial charge is 0.303 e. The van der Waals surface area contributed by atoms with Gasteiger partial charge in [-0.05, 0) is 37.1 Å². The van der Waals surface area contributed by atoms with Crippen LogP contribution in [0.5, 0.6) is 0 Å². The first kappa shape index (κ1) is 14.6. The molecule has 0 aliphatic heterocycles. The third-order valence-electron chi connectivity index (χ3n) is 2.23. The van der Waals surface area contributed by atoms with E-state index < -0.39 is 21.8 Å². The number of benzene rings is 1. The first-order valence-electron chi connectivity index (χ1n) is 5.39. The van der Waals surface area contributed by atoms with Gasteiger partial charge in [-0.3, -0.25) is 4.79 Å². The van der Waals surface area contributed by atoms with E-state index in [0.29, 0.717) is 12.8 Å². The maximum absolute atomic E-state index is 12.6. The van der Waals surface area contributed by atoms with Gasteiger partial charge in [0.2, 0.25) is 10.0 Å². The Kier molecular flexibility index (Phi) is 5.24. The fourth-order valence-electron chi connectivity index (χ4n) is 1.30. The quantitative estimate of drug-likeness (QED) is 0.736. The predicted octanol–water partition coefficient (Wildman–Crippen LogP) is 1.36. The number of unbranched alkanes of at least 4 members (excludes halogenated alkanes) is 1. The molecule has 0 bridgehead atoms. The van der Waals surface area contributed by atoms with E-state index in [0.717, 1.165) is 12.1 Å². The summed E-state index contributed by atoms with van der Waals surface area (Å²) in [7, 11) is -3.64. The lowest BCUT2D eigenvalue weighted by molar-refractivity contribution is -0.137. The molecule has 0 aromatic heterocycles. The second kappa shape index (κ2) is 6.46. The lowest BCUT2D eigenvalue weighted by Crippen LogP contribution is -2.24. The second-order valence-electron chi connectivity index (χ2n) is 3.70. The minimum absolute atomic E-state index is 0.0119. The van der Waals surface area contributed by atoms with Crippen molar-refractivity contribution in [3.05, 3.63) is 30.1 Å². The molecular weight excluding hydrogens is 261 g/mol. The third-order valence-corrected chi connectivity index (χ3v) is 3.71. The fraction of sp³-hybridized carbons (Fsp3) is 0.364. The van der Waals surface area contributed by atoms with Crippen LogP contribution in [0.1, 0.15) is 19.3 Å². The summed E-state index contributed by atoms with van der Waals surface area (Å²) in [6.45, 7) is 0.160. The molecule has 1 rings (SSSR count). The summed E-state index contributed by atoms with van der Waals surface area (Å²) in [6, 6.07) is 4.49. The molecule has 0 fully saturated rings. The summed E-state index contributed by atoms with van der Waals surface area (Å²) in [5.41, 5.74) is 0. The van der Waals surface area contributed by atoms with Crippen LogP contribution >= 0.6 is 0 Å². The Morgan fingerprint density at radius 3 is 2.39 bits per heavy atom. The molecule has 0 aliphatic carbocycles. The number of carbonyl (C=O) groups is 1. The first-order chi connectivity index (χ1) is 8.42. The van der Waals surface area contributed by atoms with Crippen LogP contribution in [0.25, 0.3) is 0 Å². The van der Waals surface area contributed by atoms with Crippen molar-refractivity contribution < 1.29 is 22.7 Å². The van der Waals surface area contributed by atoms with Gasteiger partial charge < -0.3 is 5.11 Å². The van der Waals surface area contributed by atoms with Crippen LogP contribution in [-0.2, 0) is 14.8 Å². The van der Waals surface area contributed by atoms with Crippen LogP contribution in [-0.4, -0.2) is 26.0 Å². The Bertz CT molecular complexity index is 498. The Morgan fingerprint density at radius 2 is 1.83 bits per heavy atom. The van der Waals surface area contributed by atoms with E-state index >= 15 is 0 Å².